The normalized spacial score (nSPS) is 13.8. The lowest BCUT2D eigenvalue weighted by atomic mass is 9.89. The van der Waals surface area contributed by atoms with Gasteiger partial charge in [-0.25, -0.2) is 0 Å². The van der Waals surface area contributed by atoms with Gasteiger partial charge in [0.15, 0.2) is 0 Å². The second kappa shape index (κ2) is 7.16. The maximum absolute atomic E-state index is 5.13. The van der Waals surface area contributed by atoms with Crippen LogP contribution in [0.1, 0.15) is 57.1 Å². The molecule has 0 amide bonds. The Hall–Kier alpha value is -0.520. The molecule has 0 aliphatic heterocycles. The number of rotatable bonds is 7. The molecule has 0 aliphatic carbocycles. The first-order valence-corrected chi connectivity index (χ1v) is 7.33. The van der Waals surface area contributed by atoms with Crippen LogP contribution < -0.4 is 5.32 Å². The summed E-state index contributed by atoms with van der Waals surface area (Å²) in [7, 11) is 1.75. The first-order valence-electron chi connectivity index (χ1n) is 6.55. The third-order valence-electron chi connectivity index (χ3n) is 2.83. The molecule has 0 aliphatic rings. The van der Waals surface area contributed by atoms with E-state index in [4.69, 9.17) is 4.74 Å². The zero-order valence-corrected chi connectivity index (χ0v) is 12.9. The van der Waals surface area contributed by atoms with Gasteiger partial charge < -0.3 is 10.1 Å². The number of nitrogens with zero attached hydrogens (tertiary/aromatic N) is 2. The molecule has 1 aromatic rings. The monoisotopic (exact) mass is 271 g/mol. The lowest BCUT2D eigenvalue weighted by molar-refractivity contribution is 0.189. The Morgan fingerprint density at radius 1 is 1.39 bits per heavy atom. The van der Waals surface area contributed by atoms with E-state index in [1.807, 2.05) is 0 Å². The molecule has 1 unspecified atom stereocenters. The van der Waals surface area contributed by atoms with E-state index in [2.05, 4.69) is 42.6 Å². The molecule has 1 heterocycles. The number of aromatic nitrogens is 2. The highest BCUT2D eigenvalue weighted by Crippen LogP contribution is 2.32. The minimum atomic E-state index is 0.0528. The maximum Gasteiger partial charge on any atom is 0.0857 e. The predicted molar refractivity (Wildman–Crippen MR) is 76.1 cm³/mol. The third kappa shape index (κ3) is 4.30. The van der Waals surface area contributed by atoms with Crippen LogP contribution in [-0.2, 0) is 10.2 Å². The first kappa shape index (κ1) is 15.5. The summed E-state index contributed by atoms with van der Waals surface area (Å²) in [6, 6.07) is 0.347. The number of nitrogens with one attached hydrogen (secondary N) is 1. The van der Waals surface area contributed by atoms with Crippen LogP contribution in [-0.4, -0.2) is 29.8 Å². The Bertz CT molecular complexity index is 346. The van der Waals surface area contributed by atoms with Crippen LogP contribution in [0.3, 0.4) is 0 Å². The summed E-state index contributed by atoms with van der Waals surface area (Å²) in [5.74, 6) is 0. The van der Waals surface area contributed by atoms with Crippen LogP contribution >= 0.6 is 11.5 Å². The van der Waals surface area contributed by atoms with Crippen molar-refractivity contribution in [1.29, 1.82) is 0 Å². The van der Waals surface area contributed by atoms with Crippen molar-refractivity contribution in [1.82, 2.24) is 14.9 Å². The van der Waals surface area contributed by atoms with Crippen LogP contribution in [0, 0.1) is 0 Å². The summed E-state index contributed by atoms with van der Waals surface area (Å²) in [5.41, 5.74) is 1.17. The molecule has 104 valence electrons. The first-order chi connectivity index (χ1) is 8.50. The highest BCUT2D eigenvalue weighted by molar-refractivity contribution is 7.05. The van der Waals surface area contributed by atoms with Crippen molar-refractivity contribution >= 4 is 11.5 Å². The van der Waals surface area contributed by atoms with Gasteiger partial charge in [0.05, 0.1) is 10.6 Å². The molecule has 0 radical (unpaired) electrons. The predicted octanol–water partition coefficient (Wildman–Crippen LogP) is 2.91. The fourth-order valence-corrected chi connectivity index (χ4v) is 2.92. The van der Waals surface area contributed by atoms with Crippen LogP contribution in [0.25, 0.3) is 0 Å². The summed E-state index contributed by atoms with van der Waals surface area (Å²) in [4.78, 5) is 1.28. The Balaban J connectivity index is 2.81. The maximum atomic E-state index is 5.13. The quantitative estimate of drug-likeness (QED) is 0.775. The van der Waals surface area contributed by atoms with Crippen molar-refractivity contribution < 1.29 is 4.74 Å². The summed E-state index contributed by atoms with van der Waals surface area (Å²) < 4.78 is 9.27. The standard InChI is InChI=1S/C13H25N3OS/c1-6-14-10(8-7-9-17-5)11-12(13(2,3)4)15-16-18-11/h10,14H,6-9H2,1-5H3. The molecular formula is C13H25N3OS. The van der Waals surface area contributed by atoms with Crippen molar-refractivity contribution in [2.75, 3.05) is 20.3 Å². The van der Waals surface area contributed by atoms with Crippen molar-refractivity contribution in [2.24, 2.45) is 0 Å². The van der Waals surface area contributed by atoms with Crippen LogP contribution in [0.5, 0.6) is 0 Å². The second-order valence-electron chi connectivity index (χ2n) is 5.48. The molecule has 0 fully saturated rings. The SMILES string of the molecule is CCNC(CCCOC)c1snnc1C(C)(C)C. The lowest BCUT2D eigenvalue weighted by Gasteiger charge is -2.22. The van der Waals surface area contributed by atoms with Gasteiger partial charge in [-0.3, -0.25) is 0 Å². The average molecular weight is 271 g/mol. The van der Waals surface area contributed by atoms with Crippen molar-refractivity contribution in [3.05, 3.63) is 10.6 Å². The van der Waals surface area contributed by atoms with E-state index in [0.29, 0.717) is 6.04 Å². The molecule has 0 spiro atoms. The fraction of sp³-hybridized carbons (Fsp3) is 0.846. The zero-order chi connectivity index (χ0) is 13.6. The third-order valence-corrected chi connectivity index (χ3v) is 3.67. The minimum Gasteiger partial charge on any atom is -0.385 e. The smallest absolute Gasteiger partial charge is 0.0857 e. The van der Waals surface area contributed by atoms with Gasteiger partial charge in [-0.15, -0.1) is 5.10 Å². The summed E-state index contributed by atoms with van der Waals surface area (Å²) in [5, 5.41) is 7.85. The van der Waals surface area contributed by atoms with E-state index in [1.54, 1.807) is 7.11 Å². The van der Waals surface area contributed by atoms with E-state index in [1.165, 1.54) is 16.4 Å². The molecule has 5 heteroatoms. The summed E-state index contributed by atoms with van der Waals surface area (Å²) in [6.45, 7) is 10.5. The molecule has 0 aromatic carbocycles. The van der Waals surface area contributed by atoms with Crippen LogP contribution in [0.4, 0.5) is 0 Å². The Morgan fingerprint density at radius 3 is 2.67 bits per heavy atom. The van der Waals surface area contributed by atoms with Crippen molar-refractivity contribution in [2.45, 2.75) is 52.0 Å². The van der Waals surface area contributed by atoms with E-state index >= 15 is 0 Å². The summed E-state index contributed by atoms with van der Waals surface area (Å²) in [6.07, 6.45) is 2.12. The zero-order valence-electron chi connectivity index (χ0n) is 12.1. The van der Waals surface area contributed by atoms with Gasteiger partial charge in [0.2, 0.25) is 0 Å². The highest BCUT2D eigenvalue weighted by Gasteiger charge is 2.26. The van der Waals surface area contributed by atoms with Crippen LogP contribution in [0.15, 0.2) is 0 Å². The molecule has 0 saturated heterocycles. The van der Waals surface area contributed by atoms with Crippen LogP contribution in [0.2, 0.25) is 0 Å². The van der Waals surface area contributed by atoms with E-state index in [0.717, 1.165) is 31.7 Å². The average Bonchev–Trinajstić information content (AvgIpc) is 2.76. The Kier molecular flexibility index (Phi) is 6.18. The molecule has 0 saturated carbocycles. The van der Waals surface area contributed by atoms with E-state index < -0.39 is 0 Å². The molecular weight excluding hydrogens is 246 g/mol. The largest absolute Gasteiger partial charge is 0.385 e. The lowest BCUT2D eigenvalue weighted by Crippen LogP contribution is -2.24. The Morgan fingerprint density at radius 2 is 2.11 bits per heavy atom. The molecule has 1 atom stereocenters. The number of hydrogen-bond acceptors (Lipinski definition) is 5. The minimum absolute atomic E-state index is 0.0528. The van der Waals surface area contributed by atoms with Crippen molar-refractivity contribution in [3.8, 4) is 0 Å². The van der Waals surface area contributed by atoms with Gasteiger partial charge in [-0.05, 0) is 30.9 Å². The molecule has 1 N–H and O–H groups in total. The number of methoxy groups -OCH3 is 1. The topological polar surface area (TPSA) is 47.0 Å². The molecule has 1 rings (SSSR count). The molecule has 0 bridgehead atoms. The second-order valence-corrected chi connectivity index (χ2v) is 6.27. The fourth-order valence-electron chi connectivity index (χ4n) is 1.95. The Labute approximate surface area is 114 Å². The number of hydrogen-bond donors (Lipinski definition) is 1. The molecule has 1 aromatic heterocycles. The van der Waals surface area contributed by atoms with Gasteiger partial charge in [0, 0.05) is 25.2 Å². The van der Waals surface area contributed by atoms with Crippen molar-refractivity contribution in [3.63, 3.8) is 0 Å². The van der Waals surface area contributed by atoms with E-state index in [-0.39, 0.29) is 5.41 Å². The number of ether oxygens (including phenoxy) is 1. The van der Waals surface area contributed by atoms with Gasteiger partial charge in [-0.2, -0.15) is 0 Å². The highest BCUT2D eigenvalue weighted by atomic mass is 32.1. The van der Waals surface area contributed by atoms with Gasteiger partial charge in [0.1, 0.15) is 0 Å². The van der Waals surface area contributed by atoms with Gasteiger partial charge >= 0.3 is 0 Å². The molecule has 18 heavy (non-hydrogen) atoms. The summed E-state index contributed by atoms with van der Waals surface area (Å²) >= 11 is 1.52. The molecule has 4 nitrogen and oxygen atoms in total. The van der Waals surface area contributed by atoms with Gasteiger partial charge in [0.25, 0.3) is 0 Å². The van der Waals surface area contributed by atoms with E-state index in [9.17, 15) is 0 Å². The van der Waals surface area contributed by atoms with Gasteiger partial charge in [-0.1, -0.05) is 32.2 Å².